The van der Waals surface area contributed by atoms with Crippen LogP contribution in [-0.2, 0) is 43.4 Å². The summed E-state index contributed by atoms with van der Waals surface area (Å²) >= 11 is 0. The summed E-state index contributed by atoms with van der Waals surface area (Å²) in [5.74, 6) is 0. The van der Waals surface area contributed by atoms with Crippen LogP contribution in [0.4, 0.5) is 0 Å². The van der Waals surface area contributed by atoms with Gasteiger partial charge in [-0.15, -0.1) is 0 Å². The van der Waals surface area contributed by atoms with Crippen LogP contribution in [0.25, 0.3) is 0 Å². The third-order valence-electron chi connectivity index (χ3n) is 0. The molecule has 0 atom stereocenters. The molecule has 0 aromatic carbocycles. The van der Waals surface area contributed by atoms with Gasteiger partial charge in [-0.2, -0.15) is 0 Å². The minimum atomic E-state index is -3.13. The predicted molar refractivity (Wildman–Crippen MR) is 19.4 cm³/mol. The SMILES string of the molecule is O=[Si](O)O.[SnH2].[Zn].[Zn]. The van der Waals surface area contributed by atoms with Crippen molar-refractivity contribution in [2.75, 3.05) is 0 Å². The largest absolute Gasteiger partial charge is 0 e. The molecular formula is H4O3SiSnZn2. The first-order valence-corrected chi connectivity index (χ1v) is 1.95. The molecule has 0 spiro atoms. The summed E-state index contributed by atoms with van der Waals surface area (Å²) in [6.45, 7) is 0. The van der Waals surface area contributed by atoms with E-state index in [2.05, 4.69) is 0 Å². The topological polar surface area (TPSA) is 57.5 Å². The van der Waals surface area contributed by atoms with E-state index in [4.69, 9.17) is 14.1 Å². The molecule has 0 saturated heterocycles. The van der Waals surface area contributed by atoms with Gasteiger partial charge in [-0.05, 0) is 0 Å². The van der Waals surface area contributed by atoms with Crippen molar-refractivity contribution in [3.63, 3.8) is 0 Å². The molecule has 0 unspecified atom stereocenters. The first-order valence-electron chi connectivity index (χ1n) is 0.651. The Morgan fingerprint density at radius 1 is 1.14 bits per heavy atom. The van der Waals surface area contributed by atoms with Crippen LogP contribution in [0, 0.1) is 0 Å². The van der Waals surface area contributed by atoms with Gasteiger partial charge in [0.15, 0.2) is 0 Å². The summed E-state index contributed by atoms with van der Waals surface area (Å²) in [5.41, 5.74) is 0. The van der Waals surface area contributed by atoms with Gasteiger partial charge in [-0.25, -0.2) is 0 Å². The Kier molecular flexibility index (Phi) is 52.3. The summed E-state index contributed by atoms with van der Waals surface area (Å²) in [6, 6.07) is 0. The van der Waals surface area contributed by atoms with E-state index in [1.54, 1.807) is 0 Å². The van der Waals surface area contributed by atoms with E-state index in [-0.39, 0.29) is 62.9 Å². The van der Waals surface area contributed by atoms with Gasteiger partial charge in [0.2, 0.25) is 0 Å². The molecule has 0 aromatic rings. The summed E-state index contributed by atoms with van der Waals surface area (Å²) in [5, 5.41) is 0. The molecule has 0 aliphatic rings. The number of hydrogen-bond acceptors (Lipinski definition) is 1. The molecule has 0 amide bonds. The molecule has 7 heavy (non-hydrogen) atoms. The second-order valence-electron chi connectivity index (χ2n) is 0.283. The van der Waals surface area contributed by atoms with Gasteiger partial charge in [0.05, 0.1) is 0 Å². The van der Waals surface area contributed by atoms with E-state index < -0.39 is 9.17 Å². The van der Waals surface area contributed by atoms with Crippen LogP contribution in [0.1, 0.15) is 0 Å². The number of hydrogen-bond donors (Lipinski definition) is 2. The van der Waals surface area contributed by atoms with Gasteiger partial charge in [-0.1, -0.05) is 0 Å². The molecular weight excluding hydrogens is 326 g/mol. The molecule has 0 fully saturated rings. The van der Waals surface area contributed by atoms with Gasteiger partial charge in [0, 0.05) is 39.0 Å². The Morgan fingerprint density at radius 2 is 1.14 bits per heavy atom. The zero-order valence-corrected chi connectivity index (χ0v) is 14.9. The van der Waals surface area contributed by atoms with Crippen molar-refractivity contribution in [3.8, 4) is 0 Å². The van der Waals surface area contributed by atoms with Gasteiger partial charge < -0.3 is 9.59 Å². The third-order valence-corrected chi connectivity index (χ3v) is 0. The monoisotopic (exact) mass is 328 g/mol. The standard InChI is InChI=1S/H2O3Si.Sn.2Zn.2H/c1-4(2)3;;;;;/h1-2H;;;;;. The molecule has 0 saturated carbocycles. The van der Waals surface area contributed by atoms with Crippen molar-refractivity contribution >= 4 is 33.1 Å². The van der Waals surface area contributed by atoms with E-state index in [1.807, 2.05) is 0 Å². The van der Waals surface area contributed by atoms with E-state index in [0.29, 0.717) is 0 Å². The molecule has 34 valence electrons. The third kappa shape index (κ3) is 88.9. The van der Waals surface area contributed by atoms with Gasteiger partial charge in [0.25, 0.3) is 0 Å². The minimum absolute atomic E-state index is 0. The summed E-state index contributed by atoms with van der Waals surface area (Å²) < 4.78 is 8.74. The van der Waals surface area contributed by atoms with E-state index in [1.165, 1.54) is 0 Å². The predicted octanol–water partition coefficient (Wildman–Crippen LogP) is -2.53. The fourth-order valence-corrected chi connectivity index (χ4v) is 0. The van der Waals surface area contributed by atoms with E-state index >= 15 is 0 Å². The Hall–Kier alpha value is 1.66. The fourth-order valence-electron chi connectivity index (χ4n) is 0. The van der Waals surface area contributed by atoms with Gasteiger partial charge >= 0.3 is 33.1 Å². The molecule has 7 heteroatoms. The molecule has 2 N–H and O–H groups in total. The van der Waals surface area contributed by atoms with Crippen LogP contribution in [0.2, 0.25) is 0 Å². The first kappa shape index (κ1) is 23.4. The average Bonchev–Trinajstić information content (AvgIpc) is 0.811. The second-order valence-corrected chi connectivity index (χ2v) is 0.848. The van der Waals surface area contributed by atoms with Crippen LogP contribution < -0.4 is 0 Å². The van der Waals surface area contributed by atoms with Crippen molar-refractivity contribution in [1.29, 1.82) is 0 Å². The van der Waals surface area contributed by atoms with Crippen molar-refractivity contribution in [2.24, 2.45) is 0 Å². The van der Waals surface area contributed by atoms with Gasteiger partial charge in [0.1, 0.15) is 0 Å². The Bertz CT molecular complexity index is 35.9. The molecule has 0 aromatic heterocycles. The molecule has 0 aliphatic carbocycles. The summed E-state index contributed by atoms with van der Waals surface area (Å²) in [7, 11) is -3.13. The molecule has 3 nitrogen and oxygen atoms in total. The Labute approximate surface area is 85.3 Å². The van der Waals surface area contributed by atoms with Gasteiger partial charge in [-0.3, -0.25) is 4.46 Å². The summed E-state index contributed by atoms with van der Waals surface area (Å²) in [4.78, 5) is 14.3. The van der Waals surface area contributed by atoms with Crippen molar-refractivity contribution in [3.05, 3.63) is 0 Å². The normalized spacial score (nSPS) is 3.43. The average molecular weight is 330 g/mol. The van der Waals surface area contributed by atoms with Crippen LogP contribution in [0.5, 0.6) is 0 Å². The second kappa shape index (κ2) is 15.6. The van der Waals surface area contributed by atoms with Crippen LogP contribution >= 0.6 is 0 Å². The van der Waals surface area contributed by atoms with Crippen molar-refractivity contribution in [1.82, 2.24) is 0 Å². The van der Waals surface area contributed by atoms with E-state index in [0.717, 1.165) is 0 Å². The van der Waals surface area contributed by atoms with Crippen molar-refractivity contribution in [2.45, 2.75) is 0 Å². The molecule has 0 heterocycles. The zero-order valence-electron chi connectivity index (χ0n) is 3.92. The van der Waals surface area contributed by atoms with E-state index in [9.17, 15) is 0 Å². The molecule has 2 radical (unpaired) electrons. The van der Waals surface area contributed by atoms with Crippen LogP contribution in [0.3, 0.4) is 0 Å². The molecule has 0 aliphatic heterocycles. The Balaban J connectivity index is -0.0000000150. The maximum atomic E-state index is 8.74. The molecule has 0 bridgehead atoms. The smallest absolute Gasteiger partial charge is 0 e. The van der Waals surface area contributed by atoms with Crippen LogP contribution in [-0.4, -0.2) is 42.7 Å². The fraction of sp³-hybridized carbons (Fsp3) is 0. The zero-order chi connectivity index (χ0) is 3.58. The maximum Gasteiger partial charge on any atom is 0 e. The minimum Gasteiger partial charge on any atom is 0 e. The maximum absolute atomic E-state index is 8.74. The quantitative estimate of drug-likeness (QED) is 0.482. The van der Waals surface area contributed by atoms with Crippen molar-refractivity contribution < 1.29 is 53.0 Å². The first-order chi connectivity index (χ1) is 1.73. The molecule has 0 rings (SSSR count). The Morgan fingerprint density at radius 3 is 1.14 bits per heavy atom. The van der Waals surface area contributed by atoms with Crippen LogP contribution in [0.15, 0.2) is 0 Å². The number of rotatable bonds is 0. The summed E-state index contributed by atoms with van der Waals surface area (Å²) in [6.07, 6.45) is 0.